The first-order valence-electron chi connectivity index (χ1n) is 9.52. The molecule has 12 heteroatoms. The van der Waals surface area contributed by atoms with E-state index < -0.39 is 17.8 Å². The molecule has 0 bridgehead atoms. The van der Waals surface area contributed by atoms with Gasteiger partial charge in [-0.05, 0) is 37.1 Å². The molecule has 0 amide bonds. The van der Waals surface area contributed by atoms with Gasteiger partial charge < -0.3 is 9.42 Å². The van der Waals surface area contributed by atoms with E-state index in [1.54, 1.807) is 18.2 Å². The van der Waals surface area contributed by atoms with Crippen molar-refractivity contribution >= 4 is 11.5 Å². The van der Waals surface area contributed by atoms with Crippen molar-refractivity contribution in [3.05, 3.63) is 53.9 Å². The molecule has 0 radical (unpaired) electrons. The topological polar surface area (TPSA) is 85.2 Å². The fraction of sp³-hybridized carbons (Fsp3) is 0.316. The second kappa shape index (κ2) is 7.29. The lowest BCUT2D eigenvalue weighted by Gasteiger charge is -2.31. The number of fused-ring (bicyclic) bond motifs is 1. The van der Waals surface area contributed by atoms with E-state index in [4.69, 9.17) is 4.52 Å². The van der Waals surface area contributed by atoms with Crippen LogP contribution < -0.4 is 4.90 Å². The predicted molar refractivity (Wildman–Crippen MR) is 99.7 cm³/mol. The number of benzene rings is 1. The average Bonchev–Trinajstić information content (AvgIpc) is 3.41. The molecule has 1 aliphatic heterocycles. The van der Waals surface area contributed by atoms with Gasteiger partial charge in [0.1, 0.15) is 11.6 Å². The first kappa shape index (κ1) is 19.4. The van der Waals surface area contributed by atoms with Gasteiger partial charge in [-0.1, -0.05) is 17.3 Å². The Morgan fingerprint density at radius 1 is 1.10 bits per heavy atom. The van der Waals surface area contributed by atoms with Gasteiger partial charge in [0.15, 0.2) is 5.65 Å². The summed E-state index contributed by atoms with van der Waals surface area (Å²) in [7, 11) is 0. The van der Waals surface area contributed by atoms with Gasteiger partial charge in [0.2, 0.25) is 11.7 Å². The number of hydrogen-bond donors (Lipinski definition) is 0. The number of piperidine rings is 1. The molecule has 0 saturated carbocycles. The molecule has 8 nitrogen and oxygen atoms in total. The zero-order valence-electron chi connectivity index (χ0n) is 15.9. The molecule has 1 aromatic carbocycles. The minimum atomic E-state index is -4.66. The van der Waals surface area contributed by atoms with E-state index in [0.29, 0.717) is 34.9 Å². The number of anilines is 1. The van der Waals surface area contributed by atoms with Crippen LogP contribution in [0.5, 0.6) is 0 Å². The summed E-state index contributed by atoms with van der Waals surface area (Å²) in [5.41, 5.74) is 0.517. The summed E-state index contributed by atoms with van der Waals surface area (Å²) in [6.07, 6.45) is -3.13. The smallest absolute Gasteiger partial charge is 0.354 e. The van der Waals surface area contributed by atoms with Crippen LogP contribution in [0, 0.1) is 5.82 Å². The maximum absolute atomic E-state index is 13.5. The highest BCUT2D eigenvalue weighted by molar-refractivity contribution is 5.54. The Bertz CT molecular complexity index is 1240. The molecule has 160 valence electrons. The first-order chi connectivity index (χ1) is 14.9. The molecular formula is C19H15F4N7O. The molecule has 3 aromatic heterocycles. The first-order valence-corrected chi connectivity index (χ1v) is 9.52. The van der Waals surface area contributed by atoms with Crippen molar-refractivity contribution in [2.45, 2.75) is 24.9 Å². The van der Waals surface area contributed by atoms with E-state index in [2.05, 4.69) is 25.4 Å². The molecule has 1 aliphatic rings. The van der Waals surface area contributed by atoms with Crippen molar-refractivity contribution in [2.24, 2.45) is 0 Å². The van der Waals surface area contributed by atoms with Crippen LogP contribution in [0.4, 0.5) is 23.4 Å². The molecule has 1 saturated heterocycles. The van der Waals surface area contributed by atoms with Crippen LogP contribution in [0.15, 0.2) is 40.9 Å². The van der Waals surface area contributed by atoms with E-state index in [9.17, 15) is 17.6 Å². The van der Waals surface area contributed by atoms with E-state index in [1.807, 2.05) is 4.90 Å². The Balaban J connectivity index is 1.40. The van der Waals surface area contributed by atoms with Crippen LogP contribution in [0.25, 0.3) is 17.0 Å². The van der Waals surface area contributed by atoms with Crippen LogP contribution in [-0.4, -0.2) is 43.0 Å². The molecule has 0 aliphatic carbocycles. The number of rotatable bonds is 3. The minimum absolute atomic E-state index is 0.0151. The molecule has 4 heterocycles. The van der Waals surface area contributed by atoms with Gasteiger partial charge in [-0.2, -0.15) is 22.7 Å². The fourth-order valence-electron chi connectivity index (χ4n) is 3.66. The number of alkyl halides is 3. The highest BCUT2D eigenvalue weighted by atomic mass is 19.4. The lowest BCUT2D eigenvalue weighted by molar-refractivity contribution is -0.146. The van der Waals surface area contributed by atoms with Crippen LogP contribution in [0.2, 0.25) is 0 Å². The molecule has 0 N–H and O–H groups in total. The van der Waals surface area contributed by atoms with E-state index >= 15 is 0 Å². The SMILES string of the molecule is Fc1cccc(-c2noc(C3CCCN(c4ccc5nnc(C(F)(F)F)n5n4)C3)n2)c1. The number of aromatic nitrogens is 6. The van der Waals surface area contributed by atoms with Crippen molar-refractivity contribution in [1.29, 1.82) is 0 Å². The Morgan fingerprint density at radius 3 is 2.77 bits per heavy atom. The van der Waals surface area contributed by atoms with Gasteiger partial charge in [0.05, 0.1) is 5.92 Å². The van der Waals surface area contributed by atoms with Crippen molar-refractivity contribution in [3.8, 4) is 11.4 Å². The zero-order chi connectivity index (χ0) is 21.6. The van der Waals surface area contributed by atoms with E-state index in [0.717, 1.165) is 12.8 Å². The quantitative estimate of drug-likeness (QED) is 0.455. The predicted octanol–water partition coefficient (Wildman–Crippen LogP) is 3.72. The highest BCUT2D eigenvalue weighted by Gasteiger charge is 2.38. The van der Waals surface area contributed by atoms with Crippen LogP contribution in [0.3, 0.4) is 0 Å². The van der Waals surface area contributed by atoms with Gasteiger partial charge in [-0.25, -0.2) is 4.39 Å². The largest absolute Gasteiger partial charge is 0.453 e. The summed E-state index contributed by atoms with van der Waals surface area (Å²) in [5.74, 6) is -0.664. The standard InChI is InChI=1S/C19H15F4N7O/c20-13-5-1-3-11(9-13)16-24-17(31-28-16)12-4-2-8-29(10-12)15-7-6-14-25-26-18(19(21,22)23)30(14)27-15/h1,3,5-7,9,12H,2,4,8,10H2. The van der Waals surface area contributed by atoms with Gasteiger partial charge in [0.25, 0.3) is 5.82 Å². The summed E-state index contributed by atoms with van der Waals surface area (Å²) in [6.45, 7) is 1.05. The third-order valence-corrected chi connectivity index (χ3v) is 5.12. The Labute approximate surface area is 172 Å². The third-order valence-electron chi connectivity index (χ3n) is 5.12. The molecule has 1 unspecified atom stereocenters. The lowest BCUT2D eigenvalue weighted by Crippen LogP contribution is -2.35. The normalized spacial score (nSPS) is 17.4. The van der Waals surface area contributed by atoms with Gasteiger partial charge in [-0.15, -0.1) is 15.3 Å². The summed E-state index contributed by atoms with van der Waals surface area (Å²) in [4.78, 5) is 6.26. The van der Waals surface area contributed by atoms with Gasteiger partial charge in [-0.3, -0.25) is 0 Å². The fourth-order valence-corrected chi connectivity index (χ4v) is 3.66. The Morgan fingerprint density at radius 2 is 1.97 bits per heavy atom. The maximum atomic E-state index is 13.5. The minimum Gasteiger partial charge on any atom is -0.354 e. The number of nitrogens with zero attached hydrogens (tertiary/aromatic N) is 7. The molecule has 31 heavy (non-hydrogen) atoms. The van der Waals surface area contributed by atoms with Crippen molar-refractivity contribution < 1.29 is 22.1 Å². The third kappa shape index (κ3) is 3.68. The van der Waals surface area contributed by atoms with Gasteiger partial charge >= 0.3 is 6.18 Å². The molecule has 1 fully saturated rings. The average molecular weight is 433 g/mol. The summed E-state index contributed by atoms with van der Waals surface area (Å²) in [5, 5.41) is 14.8. The monoisotopic (exact) mass is 433 g/mol. The second-order valence-corrected chi connectivity index (χ2v) is 7.23. The van der Waals surface area contributed by atoms with Crippen molar-refractivity contribution in [2.75, 3.05) is 18.0 Å². The molecular weight excluding hydrogens is 418 g/mol. The lowest BCUT2D eigenvalue weighted by atomic mass is 9.98. The van der Waals surface area contributed by atoms with Crippen LogP contribution in [-0.2, 0) is 6.18 Å². The van der Waals surface area contributed by atoms with Gasteiger partial charge in [0, 0.05) is 18.7 Å². The molecule has 1 atom stereocenters. The molecule has 0 spiro atoms. The van der Waals surface area contributed by atoms with Crippen LogP contribution >= 0.6 is 0 Å². The zero-order valence-corrected chi connectivity index (χ0v) is 15.9. The summed E-state index contributed by atoms with van der Waals surface area (Å²) in [6, 6.07) is 8.94. The second-order valence-electron chi connectivity index (χ2n) is 7.23. The van der Waals surface area contributed by atoms with Crippen molar-refractivity contribution in [3.63, 3.8) is 0 Å². The summed E-state index contributed by atoms with van der Waals surface area (Å²) >= 11 is 0. The van der Waals surface area contributed by atoms with E-state index in [1.165, 1.54) is 18.2 Å². The highest BCUT2D eigenvalue weighted by Crippen LogP contribution is 2.31. The number of halogens is 4. The summed E-state index contributed by atoms with van der Waals surface area (Å²) < 4.78 is 59.0. The van der Waals surface area contributed by atoms with Crippen LogP contribution in [0.1, 0.15) is 30.5 Å². The van der Waals surface area contributed by atoms with E-state index in [-0.39, 0.29) is 17.4 Å². The maximum Gasteiger partial charge on any atom is 0.453 e. The Hall–Kier alpha value is -3.57. The molecule has 5 rings (SSSR count). The number of hydrogen-bond acceptors (Lipinski definition) is 7. The van der Waals surface area contributed by atoms with Crippen molar-refractivity contribution in [1.82, 2.24) is 30.0 Å². The Kier molecular flexibility index (Phi) is 4.56. The molecule has 4 aromatic rings.